The van der Waals surface area contributed by atoms with Gasteiger partial charge < -0.3 is 20.1 Å². The summed E-state index contributed by atoms with van der Waals surface area (Å²) in [4.78, 5) is 37.4. The van der Waals surface area contributed by atoms with Gasteiger partial charge in [0.2, 0.25) is 5.78 Å². The quantitative estimate of drug-likeness (QED) is 0.613. The summed E-state index contributed by atoms with van der Waals surface area (Å²) >= 11 is 0. The number of fused-ring (bicyclic) bond motifs is 1. The van der Waals surface area contributed by atoms with Gasteiger partial charge in [-0.1, -0.05) is 30.4 Å². The van der Waals surface area contributed by atoms with Gasteiger partial charge in [-0.25, -0.2) is 0 Å². The minimum atomic E-state index is -0.926. The van der Waals surface area contributed by atoms with Crippen LogP contribution in [0.25, 0.3) is 0 Å². The Morgan fingerprint density at radius 3 is 2.67 bits per heavy atom. The second-order valence-electron chi connectivity index (χ2n) is 6.63. The SMILES string of the molecule is O=C(NC1CC1)C(=O)[C@@H]1C/C=C\COCCOCc2ccccc2C(=O)N1. The third kappa shape index (κ3) is 5.74. The van der Waals surface area contributed by atoms with E-state index in [2.05, 4.69) is 10.6 Å². The molecular formula is C20H24N2O5. The molecular weight excluding hydrogens is 348 g/mol. The Hall–Kier alpha value is -2.51. The van der Waals surface area contributed by atoms with Gasteiger partial charge in [0, 0.05) is 11.6 Å². The first-order valence-corrected chi connectivity index (χ1v) is 9.19. The maximum Gasteiger partial charge on any atom is 0.289 e. The molecule has 2 aliphatic rings. The molecule has 1 aromatic carbocycles. The van der Waals surface area contributed by atoms with Crippen LogP contribution in [0.5, 0.6) is 0 Å². The minimum Gasteiger partial charge on any atom is -0.375 e. The van der Waals surface area contributed by atoms with E-state index in [4.69, 9.17) is 9.47 Å². The fraction of sp³-hybridized carbons (Fsp3) is 0.450. The summed E-state index contributed by atoms with van der Waals surface area (Å²) in [6, 6.07) is 6.21. The van der Waals surface area contributed by atoms with E-state index in [0.29, 0.717) is 25.4 Å². The van der Waals surface area contributed by atoms with Crippen LogP contribution >= 0.6 is 0 Å². The molecule has 1 saturated carbocycles. The molecule has 1 atom stereocenters. The van der Waals surface area contributed by atoms with E-state index in [-0.39, 0.29) is 19.1 Å². The predicted octanol–water partition coefficient (Wildman–Crippen LogP) is 1.13. The van der Waals surface area contributed by atoms with E-state index in [9.17, 15) is 14.4 Å². The highest BCUT2D eigenvalue weighted by molar-refractivity contribution is 6.38. The molecule has 144 valence electrons. The van der Waals surface area contributed by atoms with Crippen LogP contribution in [-0.2, 0) is 25.7 Å². The maximum atomic E-state index is 12.7. The largest absolute Gasteiger partial charge is 0.375 e. The van der Waals surface area contributed by atoms with Crippen molar-refractivity contribution in [2.45, 2.75) is 38.0 Å². The Bertz CT molecular complexity index is 727. The van der Waals surface area contributed by atoms with Crippen LogP contribution in [0, 0.1) is 0 Å². The van der Waals surface area contributed by atoms with Crippen LogP contribution < -0.4 is 10.6 Å². The average Bonchev–Trinajstić information content (AvgIpc) is 3.48. The molecule has 7 heteroatoms. The number of rotatable bonds is 3. The number of carbonyl (C=O) groups excluding carboxylic acids is 3. The summed E-state index contributed by atoms with van der Waals surface area (Å²) in [6.45, 7) is 1.50. The highest BCUT2D eigenvalue weighted by Gasteiger charge is 2.31. The maximum absolute atomic E-state index is 12.7. The number of ketones is 1. The van der Waals surface area contributed by atoms with Crippen molar-refractivity contribution in [3.63, 3.8) is 0 Å². The number of hydrogen-bond donors (Lipinski definition) is 2. The molecule has 27 heavy (non-hydrogen) atoms. The van der Waals surface area contributed by atoms with Crippen molar-refractivity contribution < 1.29 is 23.9 Å². The summed E-state index contributed by atoms with van der Waals surface area (Å²) in [5, 5.41) is 5.39. The Kier molecular flexibility index (Phi) is 6.73. The monoisotopic (exact) mass is 372 g/mol. The molecule has 1 heterocycles. The zero-order valence-corrected chi connectivity index (χ0v) is 15.1. The molecule has 2 N–H and O–H groups in total. The van der Waals surface area contributed by atoms with Crippen LogP contribution in [0.15, 0.2) is 36.4 Å². The topological polar surface area (TPSA) is 93.7 Å². The second-order valence-corrected chi connectivity index (χ2v) is 6.63. The van der Waals surface area contributed by atoms with Crippen LogP contribution in [0.4, 0.5) is 0 Å². The highest BCUT2D eigenvalue weighted by atomic mass is 16.5. The van der Waals surface area contributed by atoms with Crippen LogP contribution in [0.3, 0.4) is 0 Å². The van der Waals surface area contributed by atoms with Crippen LogP contribution in [0.1, 0.15) is 35.2 Å². The van der Waals surface area contributed by atoms with Crippen molar-refractivity contribution >= 4 is 17.6 Å². The lowest BCUT2D eigenvalue weighted by Gasteiger charge is -2.18. The molecule has 3 rings (SSSR count). The number of hydrogen-bond acceptors (Lipinski definition) is 5. The Morgan fingerprint density at radius 2 is 1.85 bits per heavy atom. The van der Waals surface area contributed by atoms with E-state index in [1.165, 1.54) is 0 Å². The first-order valence-electron chi connectivity index (χ1n) is 9.19. The minimum absolute atomic E-state index is 0.0810. The summed E-state index contributed by atoms with van der Waals surface area (Å²) in [5.74, 6) is -1.68. The second kappa shape index (κ2) is 9.43. The van der Waals surface area contributed by atoms with Crippen molar-refractivity contribution in [2.75, 3.05) is 19.8 Å². The summed E-state index contributed by atoms with van der Waals surface area (Å²) in [6.07, 6.45) is 5.52. The molecule has 0 saturated heterocycles. The van der Waals surface area contributed by atoms with Crippen LogP contribution in [0.2, 0.25) is 0 Å². The van der Waals surface area contributed by atoms with Gasteiger partial charge in [-0.3, -0.25) is 14.4 Å². The van der Waals surface area contributed by atoms with Gasteiger partial charge in [-0.15, -0.1) is 0 Å². The molecule has 1 aliphatic heterocycles. The lowest BCUT2D eigenvalue weighted by atomic mass is 10.0. The Morgan fingerprint density at radius 1 is 1.07 bits per heavy atom. The van der Waals surface area contributed by atoms with Gasteiger partial charge >= 0.3 is 0 Å². The van der Waals surface area contributed by atoms with E-state index in [1.807, 2.05) is 6.07 Å². The van der Waals surface area contributed by atoms with E-state index < -0.39 is 23.6 Å². The van der Waals surface area contributed by atoms with Gasteiger partial charge in [0.1, 0.15) is 6.04 Å². The van der Waals surface area contributed by atoms with Gasteiger partial charge in [-0.2, -0.15) is 0 Å². The Balaban J connectivity index is 1.77. The number of Topliss-reactive ketones (excluding diaryl/α,β-unsaturated/α-hetero) is 1. The molecule has 0 unspecified atom stereocenters. The van der Waals surface area contributed by atoms with Crippen molar-refractivity contribution in [2.24, 2.45) is 0 Å². The number of carbonyl (C=O) groups is 3. The van der Waals surface area contributed by atoms with Crippen LogP contribution in [-0.4, -0.2) is 49.5 Å². The van der Waals surface area contributed by atoms with Gasteiger partial charge in [-0.05, 0) is 30.9 Å². The Labute approximate surface area is 158 Å². The van der Waals surface area contributed by atoms with Crippen molar-refractivity contribution in [3.8, 4) is 0 Å². The van der Waals surface area contributed by atoms with E-state index in [1.54, 1.807) is 30.4 Å². The fourth-order valence-corrected chi connectivity index (χ4v) is 2.73. The fourth-order valence-electron chi connectivity index (χ4n) is 2.73. The highest BCUT2D eigenvalue weighted by Crippen LogP contribution is 2.18. The standard InChI is InChI=1S/C20H24N2O5/c23-18(20(25)21-15-8-9-15)17-7-3-4-10-26-11-12-27-13-14-5-1-2-6-16(14)19(24)22-17/h1-6,15,17H,7-13H2,(H,21,25)(H,22,24)/b4-3-/t17-/m0/s1. The smallest absolute Gasteiger partial charge is 0.289 e. The number of benzene rings is 1. The first-order chi connectivity index (χ1) is 13.1. The first kappa shape index (κ1) is 19.3. The third-order valence-corrected chi connectivity index (χ3v) is 4.40. The molecule has 0 radical (unpaired) electrons. The van der Waals surface area contributed by atoms with E-state index in [0.717, 1.165) is 18.4 Å². The van der Waals surface area contributed by atoms with Gasteiger partial charge in [0.25, 0.3) is 11.8 Å². The number of ether oxygens (including phenoxy) is 2. The summed E-state index contributed by atoms with van der Waals surface area (Å²) in [7, 11) is 0. The molecule has 1 fully saturated rings. The van der Waals surface area contributed by atoms with Crippen molar-refractivity contribution in [1.82, 2.24) is 10.6 Å². The van der Waals surface area contributed by atoms with Crippen molar-refractivity contribution in [1.29, 1.82) is 0 Å². The zero-order chi connectivity index (χ0) is 19.1. The summed E-state index contributed by atoms with van der Waals surface area (Å²) < 4.78 is 11.0. The molecule has 7 nitrogen and oxygen atoms in total. The van der Waals surface area contributed by atoms with E-state index >= 15 is 0 Å². The molecule has 0 spiro atoms. The number of amides is 2. The molecule has 1 aliphatic carbocycles. The zero-order valence-electron chi connectivity index (χ0n) is 15.1. The average molecular weight is 372 g/mol. The molecule has 0 bridgehead atoms. The predicted molar refractivity (Wildman–Crippen MR) is 98.1 cm³/mol. The molecule has 2 amide bonds. The van der Waals surface area contributed by atoms with Crippen molar-refractivity contribution in [3.05, 3.63) is 47.5 Å². The molecule has 0 aromatic heterocycles. The number of nitrogens with one attached hydrogen (secondary N) is 2. The molecule has 1 aromatic rings. The lowest BCUT2D eigenvalue weighted by Crippen LogP contribution is -2.48. The summed E-state index contributed by atoms with van der Waals surface area (Å²) in [5.41, 5.74) is 1.15. The third-order valence-electron chi connectivity index (χ3n) is 4.40. The normalized spacial score (nSPS) is 22.7. The lowest BCUT2D eigenvalue weighted by molar-refractivity contribution is -0.139. The van der Waals surface area contributed by atoms with Gasteiger partial charge in [0.15, 0.2) is 0 Å². The van der Waals surface area contributed by atoms with Gasteiger partial charge in [0.05, 0.1) is 26.4 Å².